The van der Waals surface area contributed by atoms with Gasteiger partial charge >= 0.3 is 5.97 Å². The number of halogens is 1. The Morgan fingerprint density at radius 2 is 1.90 bits per heavy atom. The van der Waals surface area contributed by atoms with Gasteiger partial charge in [0.25, 0.3) is 0 Å². The molecule has 0 spiro atoms. The average Bonchev–Trinajstić information content (AvgIpc) is 2.28. The quantitative estimate of drug-likeness (QED) is 0.865. The van der Waals surface area contributed by atoms with E-state index in [-0.39, 0.29) is 22.6 Å². The fraction of sp³-hybridized carbons (Fsp3) is 0.462. The highest BCUT2D eigenvalue weighted by molar-refractivity contribution is 7.91. The summed E-state index contributed by atoms with van der Waals surface area (Å²) in [5.74, 6) is -2.67. The molecule has 0 aliphatic rings. The van der Waals surface area contributed by atoms with Gasteiger partial charge < -0.3 is 10.2 Å². The molecule has 1 aromatic carbocycles. The molecule has 7 heteroatoms. The molecule has 0 fully saturated rings. The number of carbonyl (C=O) groups is 1. The van der Waals surface area contributed by atoms with Gasteiger partial charge in [0.1, 0.15) is 5.82 Å². The Balaban J connectivity index is 3.27. The highest BCUT2D eigenvalue weighted by atomic mass is 32.2. The van der Waals surface area contributed by atoms with Gasteiger partial charge in [0.15, 0.2) is 9.84 Å². The summed E-state index contributed by atoms with van der Waals surface area (Å²) < 4.78 is 37.9. The number of rotatable bonds is 5. The second kappa shape index (κ2) is 5.49. The summed E-state index contributed by atoms with van der Waals surface area (Å²) in [4.78, 5) is 10.5. The first-order valence-electron chi connectivity index (χ1n) is 5.92. The Kier molecular flexibility index (Phi) is 4.55. The largest absolute Gasteiger partial charge is 0.478 e. The smallest absolute Gasteiger partial charge is 0.335 e. The minimum Gasteiger partial charge on any atom is -0.478 e. The minimum absolute atomic E-state index is 0.0340. The number of carboxylic acids is 1. The van der Waals surface area contributed by atoms with Gasteiger partial charge in [-0.3, -0.25) is 0 Å². The molecule has 0 radical (unpaired) electrons. The first kappa shape index (κ1) is 16.6. The van der Waals surface area contributed by atoms with Crippen LogP contribution < -0.4 is 0 Å². The lowest BCUT2D eigenvalue weighted by Gasteiger charge is -2.17. The molecule has 0 aromatic heterocycles. The van der Waals surface area contributed by atoms with Crippen molar-refractivity contribution in [1.29, 1.82) is 0 Å². The molecule has 0 heterocycles. The third-order valence-corrected chi connectivity index (χ3v) is 4.70. The number of carboxylic acid groups (broad SMARTS) is 1. The van der Waals surface area contributed by atoms with Gasteiger partial charge in [-0.2, -0.15) is 0 Å². The first-order chi connectivity index (χ1) is 8.94. The molecule has 0 aliphatic carbocycles. The van der Waals surface area contributed by atoms with Crippen LogP contribution in [0.3, 0.4) is 0 Å². The second-order valence-electron chi connectivity index (χ2n) is 5.27. The van der Waals surface area contributed by atoms with Gasteiger partial charge in [-0.1, -0.05) is 0 Å². The molecule has 1 aromatic rings. The molecule has 0 unspecified atom stereocenters. The van der Waals surface area contributed by atoms with Crippen molar-refractivity contribution in [1.82, 2.24) is 0 Å². The van der Waals surface area contributed by atoms with Crippen LogP contribution in [-0.4, -0.2) is 36.0 Å². The van der Waals surface area contributed by atoms with E-state index >= 15 is 0 Å². The highest BCUT2D eigenvalue weighted by Crippen LogP contribution is 2.23. The minimum atomic E-state index is -3.87. The van der Waals surface area contributed by atoms with E-state index in [2.05, 4.69) is 0 Å². The SMILES string of the molecule is Cc1c(F)cc(C(=O)O)cc1S(=O)(=O)CCC(C)(C)O. The summed E-state index contributed by atoms with van der Waals surface area (Å²) in [6.07, 6.45) is -0.0340. The van der Waals surface area contributed by atoms with Crippen LogP contribution in [0.1, 0.15) is 36.2 Å². The van der Waals surface area contributed by atoms with Gasteiger partial charge in [0, 0.05) is 5.56 Å². The van der Waals surface area contributed by atoms with E-state index in [0.717, 1.165) is 12.1 Å². The van der Waals surface area contributed by atoms with Crippen molar-refractivity contribution < 1.29 is 27.8 Å². The van der Waals surface area contributed by atoms with Crippen LogP contribution in [-0.2, 0) is 9.84 Å². The van der Waals surface area contributed by atoms with E-state index in [9.17, 15) is 22.7 Å². The maximum absolute atomic E-state index is 13.6. The lowest BCUT2D eigenvalue weighted by molar-refractivity contribution is 0.0695. The summed E-state index contributed by atoms with van der Waals surface area (Å²) in [5.41, 5.74) is -1.72. The Bertz CT molecular complexity index is 629. The van der Waals surface area contributed by atoms with E-state index in [1.54, 1.807) is 0 Å². The molecule has 1 rings (SSSR count). The van der Waals surface area contributed by atoms with Crippen LogP contribution in [0.4, 0.5) is 4.39 Å². The first-order valence-corrected chi connectivity index (χ1v) is 7.58. The van der Waals surface area contributed by atoms with Crippen LogP contribution in [0.5, 0.6) is 0 Å². The molecule has 0 atom stereocenters. The lowest BCUT2D eigenvalue weighted by atomic mass is 10.1. The number of aliphatic hydroxyl groups is 1. The van der Waals surface area contributed by atoms with Gasteiger partial charge in [0.05, 0.1) is 21.8 Å². The standard InChI is InChI=1S/C13H17FO5S/c1-8-10(14)6-9(12(15)16)7-11(8)20(18,19)5-4-13(2,3)17/h6-7,17H,4-5H2,1-3H3,(H,15,16). The topological polar surface area (TPSA) is 91.7 Å². The Labute approximate surface area is 117 Å². The number of aromatic carboxylic acids is 1. The number of benzene rings is 1. The zero-order valence-electron chi connectivity index (χ0n) is 11.5. The van der Waals surface area contributed by atoms with E-state index in [4.69, 9.17) is 5.11 Å². The van der Waals surface area contributed by atoms with Crippen molar-refractivity contribution in [3.05, 3.63) is 29.1 Å². The van der Waals surface area contributed by atoms with E-state index in [0.29, 0.717) is 0 Å². The monoisotopic (exact) mass is 304 g/mol. The fourth-order valence-corrected chi connectivity index (χ4v) is 3.45. The molecule has 0 aliphatic heterocycles. The summed E-state index contributed by atoms with van der Waals surface area (Å²) in [6.45, 7) is 4.20. The molecule has 2 N–H and O–H groups in total. The maximum Gasteiger partial charge on any atom is 0.335 e. The number of hydrogen-bond acceptors (Lipinski definition) is 4. The Hall–Kier alpha value is -1.47. The summed E-state index contributed by atoms with van der Waals surface area (Å²) in [6, 6.07) is 1.73. The maximum atomic E-state index is 13.6. The molecule has 0 bridgehead atoms. The zero-order chi connectivity index (χ0) is 15.7. The van der Waals surface area contributed by atoms with E-state index in [1.165, 1.54) is 20.8 Å². The van der Waals surface area contributed by atoms with Gasteiger partial charge in [-0.25, -0.2) is 17.6 Å². The Morgan fingerprint density at radius 3 is 2.35 bits per heavy atom. The van der Waals surface area contributed by atoms with Gasteiger partial charge in [-0.15, -0.1) is 0 Å². The van der Waals surface area contributed by atoms with Crippen LogP contribution in [0.15, 0.2) is 17.0 Å². The molecular weight excluding hydrogens is 287 g/mol. The van der Waals surface area contributed by atoms with Crippen LogP contribution in [0, 0.1) is 12.7 Å². The molecule has 0 amide bonds. The normalized spacial score (nSPS) is 12.4. The van der Waals surface area contributed by atoms with Crippen molar-refractivity contribution in [2.45, 2.75) is 37.7 Å². The fourth-order valence-electron chi connectivity index (χ4n) is 1.59. The van der Waals surface area contributed by atoms with Crippen molar-refractivity contribution >= 4 is 15.8 Å². The van der Waals surface area contributed by atoms with Crippen LogP contribution in [0.25, 0.3) is 0 Å². The summed E-state index contributed by atoms with van der Waals surface area (Å²) in [5, 5.41) is 18.4. The third-order valence-electron chi connectivity index (χ3n) is 2.86. The Morgan fingerprint density at radius 1 is 1.35 bits per heavy atom. The lowest BCUT2D eigenvalue weighted by Crippen LogP contribution is -2.24. The van der Waals surface area contributed by atoms with Crippen molar-refractivity contribution in [3.8, 4) is 0 Å². The number of sulfone groups is 1. The highest BCUT2D eigenvalue weighted by Gasteiger charge is 2.25. The number of hydrogen-bond donors (Lipinski definition) is 2. The van der Waals surface area contributed by atoms with Crippen molar-refractivity contribution in [2.24, 2.45) is 0 Å². The summed E-state index contributed by atoms with van der Waals surface area (Å²) in [7, 11) is -3.87. The van der Waals surface area contributed by atoms with E-state index in [1.807, 2.05) is 0 Å². The third kappa shape index (κ3) is 4.01. The molecule has 5 nitrogen and oxygen atoms in total. The average molecular weight is 304 g/mol. The van der Waals surface area contributed by atoms with Crippen molar-refractivity contribution in [2.75, 3.05) is 5.75 Å². The molecule has 0 saturated carbocycles. The van der Waals surface area contributed by atoms with Gasteiger partial charge in [0.2, 0.25) is 0 Å². The predicted molar refractivity (Wildman–Crippen MR) is 71.1 cm³/mol. The van der Waals surface area contributed by atoms with Crippen LogP contribution >= 0.6 is 0 Å². The zero-order valence-corrected chi connectivity index (χ0v) is 12.3. The molecular formula is C13H17FO5S. The van der Waals surface area contributed by atoms with Crippen LogP contribution in [0.2, 0.25) is 0 Å². The predicted octanol–water partition coefficient (Wildman–Crippen LogP) is 1.77. The van der Waals surface area contributed by atoms with Gasteiger partial charge in [-0.05, 0) is 39.3 Å². The summed E-state index contributed by atoms with van der Waals surface area (Å²) >= 11 is 0. The second-order valence-corrected chi connectivity index (χ2v) is 7.35. The molecule has 20 heavy (non-hydrogen) atoms. The van der Waals surface area contributed by atoms with Crippen molar-refractivity contribution in [3.63, 3.8) is 0 Å². The van der Waals surface area contributed by atoms with E-state index < -0.39 is 32.8 Å². The molecule has 0 saturated heterocycles. The molecule has 112 valence electrons.